The molecule has 2 N–H and O–H groups in total. The molecular weight excluding hydrogens is 318 g/mol. The van der Waals surface area contributed by atoms with E-state index < -0.39 is 17.8 Å². The molecule has 1 fully saturated rings. The van der Waals surface area contributed by atoms with Crippen LogP contribution in [-0.2, 0) is 9.59 Å². The van der Waals surface area contributed by atoms with Crippen molar-refractivity contribution < 1.29 is 19.1 Å². The monoisotopic (exact) mass is 337 g/mol. The Balaban J connectivity index is 1.55. The van der Waals surface area contributed by atoms with Crippen LogP contribution in [0.15, 0.2) is 53.0 Å². The molecular formula is C20H19NO4. The number of furan rings is 1. The van der Waals surface area contributed by atoms with E-state index in [1.54, 1.807) is 6.07 Å². The highest BCUT2D eigenvalue weighted by Crippen LogP contribution is 2.48. The van der Waals surface area contributed by atoms with E-state index in [2.05, 4.69) is 5.32 Å². The standard InChI is InChI=1S/C20H19NO4/c1-11-5-8-16(25-11)12-3-2-4-15(10-12)21-19(22)17-13-6-7-14(9-13)18(17)20(23)24/h2-8,10,13-14,17-18H,9H2,1H3,(H,21,22)(H,23,24)/t13-,14-,17+,18-/m1/s1. The van der Waals surface area contributed by atoms with Crippen LogP contribution in [-0.4, -0.2) is 17.0 Å². The van der Waals surface area contributed by atoms with Gasteiger partial charge in [0.25, 0.3) is 0 Å². The van der Waals surface area contributed by atoms with Gasteiger partial charge in [-0.25, -0.2) is 0 Å². The van der Waals surface area contributed by atoms with Gasteiger partial charge in [0.15, 0.2) is 0 Å². The number of fused-ring (bicyclic) bond motifs is 2. The molecule has 2 bridgehead atoms. The molecule has 2 aliphatic carbocycles. The number of aryl methyl sites for hydroxylation is 1. The van der Waals surface area contributed by atoms with Crippen LogP contribution in [0.3, 0.4) is 0 Å². The first-order valence-corrected chi connectivity index (χ1v) is 8.42. The quantitative estimate of drug-likeness (QED) is 0.834. The normalized spacial score (nSPS) is 26.8. The van der Waals surface area contributed by atoms with Crippen molar-refractivity contribution in [2.75, 3.05) is 5.32 Å². The minimum atomic E-state index is -0.892. The number of carboxylic acid groups (broad SMARTS) is 1. The van der Waals surface area contributed by atoms with Gasteiger partial charge in [-0.3, -0.25) is 9.59 Å². The molecule has 0 radical (unpaired) electrons. The Hall–Kier alpha value is -2.82. The SMILES string of the molecule is Cc1ccc(-c2cccc(NC(=O)[C@@H]3[C@H](C(=O)O)[C@@H]4C=C[C@@H]3C4)c2)o1. The van der Waals surface area contributed by atoms with Gasteiger partial charge in [-0.1, -0.05) is 24.3 Å². The second-order valence-corrected chi connectivity index (χ2v) is 6.82. The van der Waals surface area contributed by atoms with Crippen LogP contribution >= 0.6 is 0 Å². The lowest BCUT2D eigenvalue weighted by Gasteiger charge is -2.23. The molecule has 1 heterocycles. The van der Waals surface area contributed by atoms with E-state index >= 15 is 0 Å². The average Bonchev–Trinajstić information content (AvgIpc) is 3.30. The summed E-state index contributed by atoms with van der Waals surface area (Å²) in [6.45, 7) is 1.88. The van der Waals surface area contributed by atoms with Gasteiger partial charge in [-0.15, -0.1) is 0 Å². The van der Waals surface area contributed by atoms with Gasteiger partial charge in [0.1, 0.15) is 11.5 Å². The van der Waals surface area contributed by atoms with Gasteiger partial charge in [0, 0.05) is 11.3 Å². The number of rotatable bonds is 4. The molecule has 2 aromatic rings. The summed E-state index contributed by atoms with van der Waals surface area (Å²) in [5.74, 6) is -0.721. The van der Waals surface area contributed by atoms with Crippen LogP contribution in [0.4, 0.5) is 5.69 Å². The summed E-state index contributed by atoms with van der Waals surface area (Å²) in [5.41, 5.74) is 1.51. The van der Waals surface area contributed by atoms with Crippen LogP contribution in [0.1, 0.15) is 12.2 Å². The van der Waals surface area contributed by atoms with Crippen molar-refractivity contribution in [3.05, 3.63) is 54.3 Å². The first kappa shape index (κ1) is 15.7. The second kappa shape index (κ2) is 5.92. The summed E-state index contributed by atoms with van der Waals surface area (Å²) >= 11 is 0. The first-order valence-electron chi connectivity index (χ1n) is 8.42. The van der Waals surface area contributed by atoms with Crippen molar-refractivity contribution in [1.29, 1.82) is 0 Å². The number of nitrogens with one attached hydrogen (secondary N) is 1. The number of carbonyl (C=O) groups is 2. The zero-order valence-electron chi connectivity index (χ0n) is 13.8. The maximum atomic E-state index is 12.7. The van der Waals surface area contributed by atoms with E-state index in [-0.39, 0.29) is 17.7 Å². The van der Waals surface area contributed by atoms with E-state index in [0.29, 0.717) is 5.69 Å². The van der Waals surface area contributed by atoms with Crippen molar-refractivity contribution in [2.45, 2.75) is 13.3 Å². The van der Waals surface area contributed by atoms with Gasteiger partial charge >= 0.3 is 5.97 Å². The number of amides is 1. The van der Waals surface area contributed by atoms with Crippen molar-refractivity contribution in [1.82, 2.24) is 0 Å². The molecule has 4 atom stereocenters. The number of benzene rings is 1. The Morgan fingerprint density at radius 1 is 1.12 bits per heavy atom. The fourth-order valence-electron chi connectivity index (χ4n) is 4.08. The molecule has 1 amide bonds. The maximum absolute atomic E-state index is 12.7. The molecule has 5 heteroatoms. The second-order valence-electron chi connectivity index (χ2n) is 6.82. The number of hydrogen-bond acceptors (Lipinski definition) is 3. The van der Waals surface area contributed by atoms with E-state index in [0.717, 1.165) is 23.5 Å². The third-order valence-corrected chi connectivity index (χ3v) is 5.20. The van der Waals surface area contributed by atoms with Gasteiger partial charge in [0.2, 0.25) is 5.91 Å². The lowest BCUT2D eigenvalue weighted by Crippen LogP contribution is -2.36. The predicted octanol–water partition coefficient (Wildman–Crippen LogP) is 3.72. The van der Waals surface area contributed by atoms with Crippen molar-refractivity contribution in [3.8, 4) is 11.3 Å². The summed E-state index contributed by atoms with van der Waals surface area (Å²) in [4.78, 5) is 24.3. The van der Waals surface area contributed by atoms with Crippen LogP contribution in [0.5, 0.6) is 0 Å². The van der Waals surface area contributed by atoms with Crippen molar-refractivity contribution >= 4 is 17.6 Å². The zero-order chi connectivity index (χ0) is 17.6. The molecule has 0 saturated heterocycles. The van der Waals surface area contributed by atoms with E-state index in [4.69, 9.17) is 4.42 Å². The van der Waals surface area contributed by atoms with Gasteiger partial charge in [0.05, 0.1) is 11.8 Å². The summed E-state index contributed by atoms with van der Waals surface area (Å²) in [6, 6.07) is 11.2. The summed E-state index contributed by atoms with van der Waals surface area (Å²) in [7, 11) is 0. The number of anilines is 1. The Kier molecular flexibility index (Phi) is 3.71. The number of allylic oxidation sites excluding steroid dienone is 2. The number of aliphatic carboxylic acids is 1. The predicted molar refractivity (Wildman–Crippen MR) is 92.9 cm³/mol. The number of carbonyl (C=O) groups excluding carboxylic acids is 1. The van der Waals surface area contributed by atoms with Crippen LogP contribution in [0.25, 0.3) is 11.3 Å². The molecule has 5 nitrogen and oxygen atoms in total. The topological polar surface area (TPSA) is 79.5 Å². The highest BCUT2D eigenvalue weighted by Gasteiger charge is 2.51. The van der Waals surface area contributed by atoms with Crippen molar-refractivity contribution in [3.63, 3.8) is 0 Å². The molecule has 128 valence electrons. The lowest BCUT2D eigenvalue weighted by molar-refractivity contribution is -0.146. The molecule has 4 rings (SSSR count). The molecule has 1 aromatic heterocycles. The average molecular weight is 337 g/mol. The maximum Gasteiger partial charge on any atom is 0.307 e. The third kappa shape index (κ3) is 2.76. The van der Waals surface area contributed by atoms with Gasteiger partial charge in [-0.2, -0.15) is 0 Å². The van der Waals surface area contributed by atoms with Crippen LogP contribution in [0.2, 0.25) is 0 Å². The fraction of sp³-hybridized carbons (Fsp3) is 0.300. The van der Waals surface area contributed by atoms with E-state index in [9.17, 15) is 14.7 Å². The molecule has 0 unspecified atom stereocenters. The Bertz CT molecular complexity index is 866. The Labute approximate surface area is 145 Å². The summed E-state index contributed by atoms with van der Waals surface area (Å²) in [6.07, 6.45) is 4.67. The highest BCUT2D eigenvalue weighted by molar-refractivity contribution is 5.96. The van der Waals surface area contributed by atoms with Crippen LogP contribution in [0, 0.1) is 30.6 Å². The fourth-order valence-corrected chi connectivity index (χ4v) is 4.08. The minimum Gasteiger partial charge on any atom is -0.481 e. The minimum absolute atomic E-state index is 0.0157. The Morgan fingerprint density at radius 2 is 1.88 bits per heavy atom. The largest absolute Gasteiger partial charge is 0.481 e. The summed E-state index contributed by atoms with van der Waals surface area (Å²) in [5, 5.41) is 12.4. The van der Waals surface area contributed by atoms with E-state index in [1.165, 1.54) is 0 Å². The molecule has 1 aromatic carbocycles. The molecule has 0 spiro atoms. The summed E-state index contributed by atoms with van der Waals surface area (Å²) < 4.78 is 5.62. The highest BCUT2D eigenvalue weighted by atomic mass is 16.4. The van der Waals surface area contributed by atoms with Gasteiger partial charge < -0.3 is 14.8 Å². The van der Waals surface area contributed by atoms with Gasteiger partial charge in [-0.05, 0) is 49.4 Å². The molecule has 25 heavy (non-hydrogen) atoms. The number of hydrogen-bond donors (Lipinski definition) is 2. The lowest BCUT2D eigenvalue weighted by atomic mass is 9.82. The zero-order valence-corrected chi connectivity index (χ0v) is 13.8. The smallest absolute Gasteiger partial charge is 0.307 e. The van der Waals surface area contributed by atoms with E-state index in [1.807, 2.05) is 49.4 Å². The molecule has 2 aliphatic rings. The first-order chi connectivity index (χ1) is 12.0. The number of carboxylic acids is 1. The van der Waals surface area contributed by atoms with Crippen molar-refractivity contribution in [2.24, 2.45) is 23.7 Å². The van der Waals surface area contributed by atoms with Crippen LogP contribution < -0.4 is 5.32 Å². The molecule has 1 saturated carbocycles. The molecule has 0 aliphatic heterocycles. The third-order valence-electron chi connectivity index (χ3n) is 5.20. The Morgan fingerprint density at radius 3 is 2.56 bits per heavy atom.